The van der Waals surface area contributed by atoms with Gasteiger partial charge in [0.25, 0.3) is 0 Å². The maximum absolute atomic E-state index is 12.6. The SMILES string of the molecule is CCN(Cc1ccc(C(C)(C)C)cc1)S(=O)(=O)CCCC(C)(C)C. The van der Waals surface area contributed by atoms with Crippen molar-refractivity contribution in [3.8, 4) is 0 Å². The van der Waals surface area contributed by atoms with E-state index in [-0.39, 0.29) is 16.6 Å². The predicted molar refractivity (Wildman–Crippen MR) is 104 cm³/mol. The quantitative estimate of drug-likeness (QED) is 0.694. The van der Waals surface area contributed by atoms with Gasteiger partial charge in [-0.2, -0.15) is 4.31 Å². The highest BCUT2D eigenvalue weighted by atomic mass is 32.2. The summed E-state index contributed by atoms with van der Waals surface area (Å²) >= 11 is 0. The average Bonchev–Trinajstić information content (AvgIpc) is 2.42. The average molecular weight is 354 g/mol. The van der Waals surface area contributed by atoms with E-state index in [0.717, 1.165) is 12.0 Å². The van der Waals surface area contributed by atoms with E-state index in [0.29, 0.717) is 19.5 Å². The molecule has 0 bridgehead atoms. The summed E-state index contributed by atoms with van der Waals surface area (Å²) in [5.41, 5.74) is 2.60. The van der Waals surface area contributed by atoms with Gasteiger partial charge in [0, 0.05) is 13.1 Å². The predicted octanol–water partition coefficient (Wildman–Crippen LogP) is 4.96. The summed E-state index contributed by atoms with van der Waals surface area (Å²) in [6.45, 7) is 15.9. The van der Waals surface area contributed by atoms with Crippen molar-refractivity contribution in [2.45, 2.75) is 73.3 Å². The van der Waals surface area contributed by atoms with E-state index in [1.165, 1.54) is 5.56 Å². The van der Waals surface area contributed by atoms with Crippen LogP contribution in [0.5, 0.6) is 0 Å². The van der Waals surface area contributed by atoms with Crippen molar-refractivity contribution in [1.82, 2.24) is 4.31 Å². The summed E-state index contributed by atoms with van der Waals surface area (Å²) in [7, 11) is -3.20. The molecule has 0 aliphatic carbocycles. The van der Waals surface area contributed by atoms with E-state index < -0.39 is 10.0 Å². The van der Waals surface area contributed by atoms with Crippen molar-refractivity contribution in [2.24, 2.45) is 5.41 Å². The minimum absolute atomic E-state index is 0.113. The van der Waals surface area contributed by atoms with Crippen molar-refractivity contribution in [3.63, 3.8) is 0 Å². The van der Waals surface area contributed by atoms with Crippen LogP contribution in [0.2, 0.25) is 0 Å². The second kappa shape index (κ2) is 8.01. The molecule has 1 aromatic carbocycles. The van der Waals surface area contributed by atoms with Crippen LogP contribution in [-0.2, 0) is 22.0 Å². The van der Waals surface area contributed by atoms with Gasteiger partial charge in [0.15, 0.2) is 0 Å². The van der Waals surface area contributed by atoms with Crippen LogP contribution >= 0.6 is 0 Å². The molecule has 24 heavy (non-hydrogen) atoms. The largest absolute Gasteiger partial charge is 0.214 e. The van der Waals surface area contributed by atoms with Gasteiger partial charge in [0.1, 0.15) is 0 Å². The molecule has 0 saturated heterocycles. The normalized spacial score (nSPS) is 13.5. The van der Waals surface area contributed by atoms with E-state index in [2.05, 4.69) is 53.7 Å². The third kappa shape index (κ3) is 6.94. The van der Waals surface area contributed by atoms with E-state index in [1.807, 2.05) is 19.1 Å². The Bertz CT molecular complexity index is 605. The van der Waals surface area contributed by atoms with Gasteiger partial charge in [-0.1, -0.05) is 72.7 Å². The Labute approximate surface area is 149 Å². The van der Waals surface area contributed by atoms with Gasteiger partial charge in [-0.3, -0.25) is 0 Å². The van der Waals surface area contributed by atoms with Crippen molar-refractivity contribution in [1.29, 1.82) is 0 Å². The number of hydrogen-bond acceptors (Lipinski definition) is 2. The first-order chi connectivity index (χ1) is 10.8. The van der Waals surface area contributed by atoms with Gasteiger partial charge >= 0.3 is 0 Å². The molecular weight excluding hydrogens is 318 g/mol. The molecule has 3 nitrogen and oxygen atoms in total. The highest BCUT2D eigenvalue weighted by Gasteiger charge is 2.22. The lowest BCUT2D eigenvalue weighted by Crippen LogP contribution is -2.32. The fourth-order valence-corrected chi connectivity index (χ4v) is 4.14. The third-order valence-corrected chi connectivity index (χ3v) is 6.23. The standard InChI is InChI=1S/C20H35NO2S/c1-8-21(24(22,23)15-9-14-19(2,3)4)16-17-10-12-18(13-11-17)20(5,6)7/h10-13H,8-9,14-16H2,1-7H3. The molecule has 138 valence electrons. The number of hydrogen-bond donors (Lipinski definition) is 0. The molecule has 0 radical (unpaired) electrons. The summed E-state index contributed by atoms with van der Waals surface area (Å²) in [5.74, 6) is 0.234. The minimum Gasteiger partial charge on any atom is -0.212 e. The summed E-state index contributed by atoms with van der Waals surface area (Å²) in [6, 6.07) is 8.31. The molecule has 0 saturated carbocycles. The lowest BCUT2D eigenvalue weighted by atomic mass is 9.87. The van der Waals surface area contributed by atoms with Crippen LogP contribution in [0.3, 0.4) is 0 Å². The Balaban J connectivity index is 2.75. The third-order valence-electron chi connectivity index (χ3n) is 4.25. The van der Waals surface area contributed by atoms with Crippen molar-refractivity contribution in [2.75, 3.05) is 12.3 Å². The van der Waals surface area contributed by atoms with Gasteiger partial charge in [0.05, 0.1) is 5.75 Å². The van der Waals surface area contributed by atoms with E-state index in [1.54, 1.807) is 4.31 Å². The highest BCUT2D eigenvalue weighted by Crippen LogP contribution is 2.24. The van der Waals surface area contributed by atoms with Gasteiger partial charge in [-0.15, -0.1) is 0 Å². The molecule has 0 aliphatic heterocycles. The molecule has 1 aromatic rings. The molecule has 4 heteroatoms. The van der Waals surface area contributed by atoms with Gasteiger partial charge in [0.2, 0.25) is 10.0 Å². The Hall–Kier alpha value is -0.870. The van der Waals surface area contributed by atoms with Crippen LogP contribution in [0.4, 0.5) is 0 Å². The van der Waals surface area contributed by atoms with Crippen molar-refractivity contribution >= 4 is 10.0 Å². The molecule has 0 N–H and O–H groups in total. The lowest BCUT2D eigenvalue weighted by Gasteiger charge is -2.23. The maximum Gasteiger partial charge on any atom is 0.214 e. The van der Waals surface area contributed by atoms with Gasteiger partial charge in [-0.25, -0.2) is 8.42 Å². The van der Waals surface area contributed by atoms with E-state index >= 15 is 0 Å². The first-order valence-electron chi connectivity index (χ1n) is 8.92. The second-order valence-corrected chi connectivity index (χ2v) is 10.9. The minimum atomic E-state index is -3.20. The topological polar surface area (TPSA) is 37.4 Å². The first-order valence-corrected chi connectivity index (χ1v) is 10.5. The monoisotopic (exact) mass is 353 g/mol. The molecule has 0 amide bonds. The summed E-state index contributed by atoms with van der Waals surface area (Å²) in [5, 5.41) is 0. The van der Waals surface area contributed by atoms with Crippen LogP contribution in [0.15, 0.2) is 24.3 Å². The van der Waals surface area contributed by atoms with Crippen LogP contribution in [0.25, 0.3) is 0 Å². The first kappa shape index (κ1) is 21.2. The maximum atomic E-state index is 12.6. The fraction of sp³-hybridized carbons (Fsp3) is 0.700. The molecule has 0 aromatic heterocycles. The van der Waals surface area contributed by atoms with Gasteiger partial charge < -0.3 is 0 Å². The smallest absolute Gasteiger partial charge is 0.212 e. The number of benzene rings is 1. The Kier molecular flexibility index (Phi) is 7.06. The molecule has 0 fully saturated rings. The van der Waals surface area contributed by atoms with Crippen LogP contribution in [0, 0.1) is 5.41 Å². The van der Waals surface area contributed by atoms with Gasteiger partial charge in [-0.05, 0) is 34.8 Å². The van der Waals surface area contributed by atoms with E-state index in [9.17, 15) is 8.42 Å². The molecule has 1 rings (SSSR count). The lowest BCUT2D eigenvalue weighted by molar-refractivity contribution is 0.368. The summed E-state index contributed by atoms with van der Waals surface area (Å²) in [6.07, 6.45) is 1.63. The fourth-order valence-electron chi connectivity index (χ4n) is 2.63. The van der Waals surface area contributed by atoms with Crippen LogP contribution in [0.1, 0.15) is 72.4 Å². The Morgan fingerprint density at radius 1 is 0.958 bits per heavy atom. The second-order valence-electron chi connectivity index (χ2n) is 8.85. The number of nitrogens with zero attached hydrogens (tertiary/aromatic N) is 1. The molecule has 0 unspecified atom stereocenters. The summed E-state index contributed by atoms with van der Waals surface area (Å²) in [4.78, 5) is 0. The van der Waals surface area contributed by atoms with Crippen molar-refractivity contribution in [3.05, 3.63) is 35.4 Å². The van der Waals surface area contributed by atoms with Crippen LogP contribution in [-0.4, -0.2) is 25.0 Å². The number of sulfonamides is 1. The Morgan fingerprint density at radius 3 is 1.92 bits per heavy atom. The molecule has 0 aliphatic rings. The Morgan fingerprint density at radius 2 is 1.50 bits per heavy atom. The van der Waals surface area contributed by atoms with E-state index in [4.69, 9.17) is 0 Å². The molecule has 0 heterocycles. The zero-order chi connectivity index (χ0) is 18.6. The molecule has 0 atom stereocenters. The summed E-state index contributed by atoms with van der Waals surface area (Å²) < 4.78 is 26.8. The number of rotatable bonds is 7. The zero-order valence-corrected chi connectivity index (χ0v) is 17.3. The molecule has 0 spiro atoms. The molecular formula is C20H35NO2S. The van der Waals surface area contributed by atoms with Crippen LogP contribution < -0.4 is 0 Å². The zero-order valence-electron chi connectivity index (χ0n) is 16.5. The highest BCUT2D eigenvalue weighted by molar-refractivity contribution is 7.89. The van der Waals surface area contributed by atoms with Crippen molar-refractivity contribution < 1.29 is 8.42 Å².